The average Bonchev–Trinajstić information content (AvgIpc) is 2.93. The van der Waals surface area contributed by atoms with Crippen molar-refractivity contribution in [2.45, 2.75) is 26.6 Å². The van der Waals surface area contributed by atoms with Crippen LogP contribution in [0, 0.1) is 28.4 Å². The van der Waals surface area contributed by atoms with Crippen LogP contribution in [0.25, 0.3) is 22.2 Å². The van der Waals surface area contributed by atoms with Gasteiger partial charge in [0, 0.05) is 34.1 Å². The number of pyridine rings is 1. The van der Waals surface area contributed by atoms with Crippen LogP contribution in [0.5, 0.6) is 0 Å². The van der Waals surface area contributed by atoms with E-state index in [-0.39, 0.29) is 10.6 Å². The number of aromatic amines is 1. The molecule has 0 aliphatic carbocycles. The van der Waals surface area contributed by atoms with E-state index in [0.29, 0.717) is 16.8 Å². The molecule has 2 heterocycles. The minimum absolute atomic E-state index is 0.0952. The molecule has 0 radical (unpaired) electrons. The van der Waals surface area contributed by atoms with Gasteiger partial charge in [0.05, 0.1) is 18.6 Å². The third-order valence-corrected chi connectivity index (χ3v) is 6.10. The molecule has 0 saturated heterocycles. The Hall–Kier alpha value is -2.98. The average molecular weight is 350 g/mol. The molecule has 0 amide bonds. The molecule has 3 rings (SSSR count). The second-order valence-electron chi connectivity index (χ2n) is 7.12. The van der Waals surface area contributed by atoms with Crippen LogP contribution >= 0.6 is 0 Å². The van der Waals surface area contributed by atoms with Gasteiger partial charge in [-0.2, -0.15) is 5.26 Å². The molecular weight excluding hydrogens is 332 g/mol. The number of nitro benzene ring substituents is 1. The number of rotatable bonds is 3. The standard InChI is InChI=1S/C18H18N4O2Si/c1-11-5-6-13(8-15(11)22(23)24)16-14-7-12(9-19)10-20-17(14)21-18(16)25(2,3)4/h5-8,10H,1-4H3,(H,20,21). The van der Waals surface area contributed by atoms with Crippen LogP contribution in [0.3, 0.4) is 0 Å². The molecule has 0 unspecified atom stereocenters. The van der Waals surface area contributed by atoms with Crippen molar-refractivity contribution < 1.29 is 4.92 Å². The van der Waals surface area contributed by atoms with Gasteiger partial charge in [-0.3, -0.25) is 10.1 Å². The quantitative estimate of drug-likeness (QED) is 0.441. The van der Waals surface area contributed by atoms with Crippen molar-refractivity contribution in [2.24, 2.45) is 0 Å². The minimum Gasteiger partial charge on any atom is -0.347 e. The van der Waals surface area contributed by atoms with E-state index in [1.165, 1.54) is 6.20 Å². The number of nitrogens with zero attached hydrogens (tertiary/aromatic N) is 3. The Morgan fingerprint density at radius 1 is 1.28 bits per heavy atom. The second kappa shape index (κ2) is 5.83. The molecule has 0 bridgehead atoms. The molecule has 1 N–H and O–H groups in total. The fourth-order valence-corrected chi connectivity index (χ4v) is 4.48. The number of nitrogens with one attached hydrogen (secondary N) is 1. The Morgan fingerprint density at radius 2 is 2.00 bits per heavy atom. The van der Waals surface area contributed by atoms with Gasteiger partial charge < -0.3 is 4.98 Å². The number of fused-ring (bicyclic) bond motifs is 1. The van der Waals surface area contributed by atoms with E-state index in [1.807, 2.05) is 6.07 Å². The molecule has 0 aliphatic heterocycles. The number of aromatic nitrogens is 2. The second-order valence-corrected chi connectivity index (χ2v) is 12.1. The third-order valence-electron chi connectivity index (χ3n) is 4.22. The van der Waals surface area contributed by atoms with Gasteiger partial charge in [-0.15, -0.1) is 0 Å². The highest BCUT2D eigenvalue weighted by Gasteiger charge is 2.27. The lowest BCUT2D eigenvalue weighted by Gasteiger charge is -2.17. The maximum Gasteiger partial charge on any atom is 0.272 e. The summed E-state index contributed by atoms with van der Waals surface area (Å²) in [6, 6.07) is 9.18. The predicted octanol–water partition coefficient (Wildman–Crippen LogP) is 3.86. The van der Waals surface area contributed by atoms with Gasteiger partial charge in [0.1, 0.15) is 11.7 Å². The van der Waals surface area contributed by atoms with Crippen molar-refractivity contribution in [3.63, 3.8) is 0 Å². The molecule has 0 fully saturated rings. The van der Waals surface area contributed by atoms with Crippen LogP contribution in [-0.2, 0) is 0 Å². The Bertz CT molecular complexity index is 1040. The van der Waals surface area contributed by atoms with E-state index < -0.39 is 8.07 Å². The highest BCUT2D eigenvalue weighted by molar-refractivity contribution is 6.89. The lowest BCUT2D eigenvalue weighted by atomic mass is 10.0. The fraction of sp³-hybridized carbons (Fsp3) is 0.222. The first-order chi connectivity index (χ1) is 11.7. The highest BCUT2D eigenvalue weighted by atomic mass is 28.3. The van der Waals surface area contributed by atoms with E-state index in [0.717, 1.165) is 21.8 Å². The minimum atomic E-state index is -1.78. The molecule has 0 atom stereocenters. The van der Waals surface area contributed by atoms with Crippen LogP contribution in [0.2, 0.25) is 19.6 Å². The molecule has 2 aromatic heterocycles. The Balaban J connectivity index is 2.39. The summed E-state index contributed by atoms with van der Waals surface area (Å²) in [5.74, 6) is 0. The summed E-state index contributed by atoms with van der Waals surface area (Å²) in [6.45, 7) is 8.34. The van der Waals surface area contributed by atoms with Gasteiger partial charge in [0.25, 0.3) is 5.69 Å². The van der Waals surface area contributed by atoms with Gasteiger partial charge >= 0.3 is 0 Å². The number of benzene rings is 1. The summed E-state index contributed by atoms with van der Waals surface area (Å²) in [6.07, 6.45) is 1.54. The van der Waals surface area contributed by atoms with Crippen LogP contribution in [0.1, 0.15) is 11.1 Å². The predicted molar refractivity (Wildman–Crippen MR) is 101 cm³/mol. The molecule has 3 aromatic rings. The van der Waals surface area contributed by atoms with Crippen molar-refractivity contribution in [3.05, 3.63) is 51.7 Å². The summed E-state index contributed by atoms with van der Waals surface area (Å²) in [4.78, 5) is 18.7. The van der Waals surface area contributed by atoms with Gasteiger partial charge in [-0.25, -0.2) is 4.98 Å². The fourth-order valence-electron chi connectivity index (χ4n) is 2.96. The molecule has 25 heavy (non-hydrogen) atoms. The zero-order valence-corrected chi connectivity index (χ0v) is 15.5. The topological polar surface area (TPSA) is 95.6 Å². The van der Waals surface area contributed by atoms with Crippen LogP contribution < -0.4 is 5.32 Å². The number of hydrogen-bond donors (Lipinski definition) is 1. The van der Waals surface area contributed by atoms with Crippen molar-refractivity contribution in [1.29, 1.82) is 5.26 Å². The van der Waals surface area contributed by atoms with Crippen molar-refractivity contribution >= 4 is 30.1 Å². The highest BCUT2D eigenvalue weighted by Crippen LogP contribution is 2.32. The summed E-state index contributed by atoms with van der Waals surface area (Å²) in [5, 5.41) is 22.4. The number of H-pyrrole nitrogens is 1. The normalized spacial score (nSPS) is 11.5. The molecule has 0 spiro atoms. The van der Waals surface area contributed by atoms with Gasteiger partial charge in [0.2, 0.25) is 0 Å². The summed E-state index contributed by atoms with van der Waals surface area (Å²) >= 11 is 0. The number of hydrogen-bond acceptors (Lipinski definition) is 4. The maximum absolute atomic E-state index is 11.3. The third kappa shape index (κ3) is 2.92. The molecule has 0 saturated carbocycles. The van der Waals surface area contributed by atoms with E-state index in [2.05, 4.69) is 35.7 Å². The lowest BCUT2D eigenvalue weighted by Crippen LogP contribution is -2.39. The molecule has 126 valence electrons. The van der Waals surface area contributed by atoms with Gasteiger partial charge in [-0.1, -0.05) is 31.8 Å². The van der Waals surface area contributed by atoms with E-state index in [4.69, 9.17) is 0 Å². The Labute approximate surface area is 146 Å². The van der Waals surface area contributed by atoms with E-state index in [1.54, 1.807) is 25.1 Å². The van der Waals surface area contributed by atoms with E-state index in [9.17, 15) is 15.4 Å². The zero-order chi connectivity index (χ0) is 18.4. The summed E-state index contributed by atoms with van der Waals surface area (Å²) < 4.78 is 0. The van der Waals surface area contributed by atoms with Crippen LogP contribution in [0.4, 0.5) is 5.69 Å². The number of nitriles is 1. The molecule has 7 heteroatoms. The monoisotopic (exact) mass is 350 g/mol. The maximum atomic E-state index is 11.3. The first-order valence-corrected chi connectivity index (χ1v) is 11.4. The van der Waals surface area contributed by atoms with Crippen LogP contribution in [0.15, 0.2) is 30.5 Å². The first kappa shape index (κ1) is 16.9. The zero-order valence-electron chi connectivity index (χ0n) is 14.5. The van der Waals surface area contributed by atoms with Crippen molar-refractivity contribution in [2.75, 3.05) is 0 Å². The number of nitro groups is 1. The Morgan fingerprint density at radius 3 is 2.60 bits per heavy atom. The molecule has 6 nitrogen and oxygen atoms in total. The van der Waals surface area contributed by atoms with Crippen molar-refractivity contribution in [1.82, 2.24) is 9.97 Å². The lowest BCUT2D eigenvalue weighted by molar-refractivity contribution is -0.385. The molecule has 0 aliphatic rings. The number of aryl methyl sites for hydroxylation is 1. The van der Waals surface area contributed by atoms with Gasteiger partial charge in [0.15, 0.2) is 0 Å². The SMILES string of the molecule is Cc1ccc(-c2c([Si](C)(C)C)[nH]c3ncc(C#N)cc23)cc1[N+](=O)[O-]. The summed E-state index contributed by atoms with van der Waals surface area (Å²) in [5.41, 5.74) is 3.59. The Kier molecular flexibility index (Phi) is 3.93. The molecule has 1 aromatic carbocycles. The van der Waals surface area contributed by atoms with E-state index >= 15 is 0 Å². The van der Waals surface area contributed by atoms with Crippen molar-refractivity contribution in [3.8, 4) is 17.2 Å². The largest absolute Gasteiger partial charge is 0.347 e. The first-order valence-electron chi connectivity index (χ1n) is 7.90. The summed E-state index contributed by atoms with van der Waals surface area (Å²) in [7, 11) is -1.78. The van der Waals surface area contributed by atoms with Gasteiger partial charge in [-0.05, 0) is 18.6 Å². The van der Waals surface area contributed by atoms with Crippen LogP contribution in [-0.4, -0.2) is 23.0 Å². The smallest absolute Gasteiger partial charge is 0.272 e. The molecular formula is C18H18N4O2Si.